The molecule has 0 radical (unpaired) electrons. The number of benzene rings is 1. The maximum atomic E-state index is 11.8. The number of rotatable bonds is 6. The van der Waals surface area contributed by atoms with Crippen LogP contribution in [0.3, 0.4) is 0 Å². The molecule has 3 N–H and O–H groups in total. The van der Waals surface area contributed by atoms with Gasteiger partial charge in [-0.2, -0.15) is 0 Å². The summed E-state index contributed by atoms with van der Waals surface area (Å²) in [5, 5.41) is 13.8. The van der Waals surface area contributed by atoms with Crippen LogP contribution in [0.15, 0.2) is 24.3 Å². The molecule has 1 unspecified atom stereocenters. The summed E-state index contributed by atoms with van der Waals surface area (Å²) in [6.07, 6.45) is 1.32. The van der Waals surface area contributed by atoms with Gasteiger partial charge in [0, 0.05) is 25.2 Å². The molecule has 1 aromatic carbocycles. The van der Waals surface area contributed by atoms with E-state index in [0.717, 1.165) is 24.2 Å². The summed E-state index contributed by atoms with van der Waals surface area (Å²) in [5.74, 6) is -0.837. The highest BCUT2D eigenvalue weighted by Crippen LogP contribution is 2.24. The Morgan fingerprint density at radius 2 is 2.17 bits per heavy atom. The number of carbonyl (C=O) groups excluding carboxylic acids is 2. The van der Waals surface area contributed by atoms with Gasteiger partial charge in [0.15, 0.2) is 0 Å². The van der Waals surface area contributed by atoms with Crippen LogP contribution in [0.25, 0.3) is 0 Å². The summed E-state index contributed by atoms with van der Waals surface area (Å²) in [5.41, 5.74) is 1.72. The normalized spacial score (nSPS) is 15.3. The van der Waals surface area contributed by atoms with Gasteiger partial charge in [0.05, 0.1) is 12.5 Å². The molecule has 124 valence electrons. The van der Waals surface area contributed by atoms with Crippen LogP contribution in [0.2, 0.25) is 0 Å². The minimum atomic E-state index is -0.957. The number of carboxylic acid groups (broad SMARTS) is 1. The number of hydrogen-bond donors (Lipinski definition) is 3. The van der Waals surface area contributed by atoms with E-state index in [2.05, 4.69) is 10.6 Å². The Labute approximate surface area is 134 Å². The van der Waals surface area contributed by atoms with Crippen molar-refractivity contribution in [3.8, 4) is 0 Å². The first-order valence-electron chi connectivity index (χ1n) is 7.64. The third-order valence-electron chi connectivity index (χ3n) is 3.73. The Kier molecular flexibility index (Phi) is 5.56. The molecule has 1 atom stereocenters. The molecule has 1 fully saturated rings. The summed E-state index contributed by atoms with van der Waals surface area (Å²) >= 11 is 0. The zero-order valence-electron chi connectivity index (χ0n) is 13.0. The van der Waals surface area contributed by atoms with Gasteiger partial charge in [-0.05, 0) is 31.0 Å². The number of amides is 3. The molecule has 1 saturated heterocycles. The van der Waals surface area contributed by atoms with Crippen LogP contribution in [-0.4, -0.2) is 36.1 Å². The monoisotopic (exact) mass is 319 g/mol. The van der Waals surface area contributed by atoms with E-state index in [9.17, 15) is 14.4 Å². The van der Waals surface area contributed by atoms with E-state index in [1.165, 1.54) is 0 Å². The number of hydrogen-bond acceptors (Lipinski definition) is 3. The molecule has 3 amide bonds. The molecule has 1 aliphatic heterocycles. The van der Waals surface area contributed by atoms with Crippen molar-refractivity contribution in [2.75, 3.05) is 18.0 Å². The smallest absolute Gasteiger partial charge is 0.315 e. The highest BCUT2D eigenvalue weighted by molar-refractivity contribution is 5.95. The van der Waals surface area contributed by atoms with Crippen molar-refractivity contribution in [3.05, 3.63) is 29.8 Å². The molecule has 0 spiro atoms. The summed E-state index contributed by atoms with van der Waals surface area (Å²) < 4.78 is 0. The van der Waals surface area contributed by atoms with E-state index in [0.29, 0.717) is 6.42 Å². The lowest BCUT2D eigenvalue weighted by atomic mass is 10.1. The van der Waals surface area contributed by atoms with Gasteiger partial charge in [-0.1, -0.05) is 12.1 Å². The number of anilines is 1. The zero-order valence-corrected chi connectivity index (χ0v) is 13.0. The average molecular weight is 319 g/mol. The van der Waals surface area contributed by atoms with Crippen LogP contribution in [0.5, 0.6) is 0 Å². The largest absolute Gasteiger partial charge is 0.481 e. The summed E-state index contributed by atoms with van der Waals surface area (Å²) in [4.78, 5) is 35.7. The highest BCUT2D eigenvalue weighted by Gasteiger charge is 2.22. The fourth-order valence-electron chi connectivity index (χ4n) is 2.50. The molecule has 0 bridgehead atoms. The second-order valence-corrected chi connectivity index (χ2v) is 5.51. The maximum Gasteiger partial charge on any atom is 0.315 e. The number of nitrogens with one attached hydrogen (secondary N) is 2. The molecule has 0 aliphatic carbocycles. The van der Waals surface area contributed by atoms with Crippen molar-refractivity contribution in [1.82, 2.24) is 10.6 Å². The summed E-state index contributed by atoms with van der Waals surface area (Å²) in [6.45, 7) is 2.64. The maximum absolute atomic E-state index is 11.8. The fourth-order valence-corrected chi connectivity index (χ4v) is 2.50. The quantitative estimate of drug-likeness (QED) is 0.742. The molecule has 0 aromatic heterocycles. The van der Waals surface area contributed by atoms with Crippen molar-refractivity contribution in [3.63, 3.8) is 0 Å². The van der Waals surface area contributed by atoms with E-state index < -0.39 is 12.0 Å². The minimum absolute atomic E-state index is 0.0796. The van der Waals surface area contributed by atoms with Crippen LogP contribution in [0.1, 0.15) is 37.8 Å². The molecular weight excluding hydrogens is 298 g/mol. The van der Waals surface area contributed by atoms with Gasteiger partial charge in [-0.15, -0.1) is 0 Å². The highest BCUT2D eigenvalue weighted by atomic mass is 16.4. The number of carboxylic acids is 1. The number of urea groups is 1. The Morgan fingerprint density at radius 1 is 1.39 bits per heavy atom. The van der Waals surface area contributed by atoms with Crippen LogP contribution < -0.4 is 15.5 Å². The first-order chi connectivity index (χ1) is 11.0. The first-order valence-corrected chi connectivity index (χ1v) is 7.64. The standard InChI is InChI=1S/C16H21N3O4/c1-11(18-16(23)17-8-7-15(21)22)12-4-2-5-13(10-12)19-9-3-6-14(19)20/h2,4-5,10-11H,3,6-9H2,1H3,(H,21,22)(H2,17,18,23). The van der Waals surface area contributed by atoms with Gasteiger partial charge in [0.25, 0.3) is 0 Å². The van der Waals surface area contributed by atoms with E-state index >= 15 is 0 Å². The topological polar surface area (TPSA) is 98.7 Å². The fraction of sp³-hybridized carbons (Fsp3) is 0.438. The van der Waals surface area contributed by atoms with E-state index in [4.69, 9.17) is 5.11 Å². The van der Waals surface area contributed by atoms with Gasteiger partial charge < -0.3 is 20.6 Å². The summed E-state index contributed by atoms with van der Waals surface area (Å²) in [6, 6.07) is 6.85. The SMILES string of the molecule is CC(NC(=O)NCCC(=O)O)c1cccc(N2CCCC2=O)c1. The van der Waals surface area contributed by atoms with Gasteiger partial charge in [-0.25, -0.2) is 4.79 Å². The molecule has 7 nitrogen and oxygen atoms in total. The molecule has 1 aromatic rings. The zero-order chi connectivity index (χ0) is 16.8. The van der Waals surface area contributed by atoms with Crippen LogP contribution in [0.4, 0.5) is 10.5 Å². The predicted molar refractivity (Wildman–Crippen MR) is 85.2 cm³/mol. The Morgan fingerprint density at radius 3 is 2.83 bits per heavy atom. The Balaban J connectivity index is 1.94. The third-order valence-corrected chi connectivity index (χ3v) is 3.73. The minimum Gasteiger partial charge on any atom is -0.481 e. The van der Waals surface area contributed by atoms with Crippen LogP contribution >= 0.6 is 0 Å². The van der Waals surface area contributed by atoms with Crippen molar-refractivity contribution in [2.45, 2.75) is 32.2 Å². The molecule has 2 rings (SSSR count). The Hall–Kier alpha value is -2.57. The van der Waals surface area contributed by atoms with Crippen molar-refractivity contribution in [2.24, 2.45) is 0 Å². The van der Waals surface area contributed by atoms with Crippen molar-refractivity contribution < 1.29 is 19.5 Å². The Bertz CT molecular complexity index is 603. The van der Waals surface area contributed by atoms with Crippen molar-refractivity contribution in [1.29, 1.82) is 0 Å². The predicted octanol–water partition coefficient (Wildman–Crippen LogP) is 1.65. The lowest BCUT2D eigenvalue weighted by Crippen LogP contribution is -2.38. The summed E-state index contributed by atoms with van der Waals surface area (Å²) in [7, 11) is 0. The molecule has 1 heterocycles. The van der Waals surface area contributed by atoms with E-state index in [-0.39, 0.29) is 24.9 Å². The van der Waals surface area contributed by atoms with Gasteiger partial charge in [0.2, 0.25) is 5.91 Å². The molecule has 23 heavy (non-hydrogen) atoms. The molecule has 7 heteroatoms. The first kappa shape index (κ1) is 16.8. The molecule has 1 aliphatic rings. The van der Waals surface area contributed by atoms with Gasteiger partial charge in [0.1, 0.15) is 0 Å². The van der Waals surface area contributed by atoms with Gasteiger partial charge >= 0.3 is 12.0 Å². The second-order valence-electron chi connectivity index (χ2n) is 5.51. The van der Waals surface area contributed by atoms with Crippen LogP contribution in [-0.2, 0) is 9.59 Å². The van der Waals surface area contributed by atoms with Gasteiger partial charge in [-0.3, -0.25) is 9.59 Å². The lowest BCUT2D eigenvalue weighted by molar-refractivity contribution is -0.136. The molecular formula is C16H21N3O4. The third kappa shape index (κ3) is 4.70. The average Bonchev–Trinajstić information content (AvgIpc) is 2.93. The van der Waals surface area contributed by atoms with E-state index in [1.807, 2.05) is 31.2 Å². The van der Waals surface area contributed by atoms with E-state index in [1.54, 1.807) is 4.90 Å². The number of nitrogens with zero attached hydrogens (tertiary/aromatic N) is 1. The second kappa shape index (κ2) is 7.62. The lowest BCUT2D eigenvalue weighted by Gasteiger charge is -2.19. The molecule has 0 saturated carbocycles. The van der Waals surface area contributed by atoms with Crippen LogP contribution in [0, 0.1) is 0 Å². The number of carbonyl (C=O) groups is 3. The number of aliphatic carboxylic acids is 1. The van der Waals surface area contributed by atoms with Crippen molar-refractivity contribution >= 4 is 23.6 Å².